The van der Waals surface area contributed by atoms with E-state index < -0.39 is 0 Å². The van der Waals surface area contributed by atoms with E-state index in [1.54, 1.807) is 0 Å². The monoisotopic (exact) mass is 997 g/mol. The van der Waals surface area contributed by atoms with Gasteiger partial charge in [0.25, 0.3) is 0 Å². The summed E-state index contributed by atoms with van der Waals surface area (Å²) in [6.07, 6.45) is 0. The topological polar surface area (TPSA) is 22.9 Å². The molecule has 14 aromatic rings. The van der Waals surface area contributed by atoms with Gasteiger partial charge >= 0.3 is 0 Å². The van der Waals surface area contributed by atoms with Crippen LogP contribution < -0.4 is 14.7 Å². The molecule has 0 saturated heterocycles. The van der Waals surface area contributed by atoms with Crippen LogP contribution in [0.1, 0.15) is 0 Å². The molecule has 78 heavy (non-hydrogen) atoms. The Balaban J connectivity index is 1.00. The molecule has 0 aliphatic rings. The molecule has 0 aliphatic carbocycles. The van der Waals surface area contributed by atoms with E-state index >= 15 is 0 Å². The minimum absolute atomic E-state index is 0.873. The van der Waals surface area contributed by atoms with E-state index in [4.69, 9.17) is 4.42 Å². The van der Waals surface area contributed by atoms with Crippen LogP contribution in [0.5, 0.6) is 0 Å². The number of hydrogen-bond acceptors (Lipinski definition) is 4. The highest BCUT2D eigenvalue weighted by atomic mass is 16.3. The zero-order chi connectivity index (χ0) is 51.8. The number of benzene rings is 13. The average Bonchev–Trinajstić information content (AvgIpc) is 3.93. The molecule has 13 aromatic carbocycles. The molecule has 0 aliphatic heterocycles. The smallest absolute Gasteiger partial charge is 0.143 e. The SMILES string of the molecule is c1ccc(-c2ccc(N(c3ccc(-c4cccc5c4oc4c(-c6ccccc6)cccc45)cc3)c3cc(N(c4ccccc4)c4cccc5ccccc45)cc(N(c4ccccc4)c4cccc5ccccc45)c3)cc2)cc1. The first-order valence-electron chi connectivity index (χ1n) is 26.6. The second-order valence-corrected chi connectivity index (χ2v) is 19.7. The van der Waals surface area contributed by atoms with Crippen molar-refractivity contribution >= 4 is 94.7 Å². The van der Waals surface area contributed by atoms with Crippen LogP contribution in [0.4, 0.5) is 51.2 Å². The van der Waals surface area contributed by atoms with Gasteiger partial charge in [0.2, 0.25) is 0 Å². The highest BCUT2D eigenvalue weighted by Crippen LogP contribution is 2.49. The van der Waals surface area contributed by atoms with Gasteiger partial charge in [0.05, 0.1) is 28.4 Å². The number of rotatable bonds is 12. The van der Waals surface area contributed by atoms with E-state index in [0.717, 1.165) is 112 Å². The zero-order valence-corrected chi connectivity index (χ0v) is 42.7. The largest absolute Gasteiger partial charge is 0.455 e. The average molecular weight is 998 g/mol. The summed E-state index contributed by atoms with van der Waals surface area (Å²) >= 11 is 0. The molecule has 1 aromatic heterocycles. The Morgan fingerprint density at radius 1 is 0.205 bits per heavy atom. The quantitative estimate of drug-likeness (QED) is 0.122. The van der Waals surface area contributed by atoms with Crippen molar-refractivity contribution in [3.8, 4) is 33.4 Å². The van der Waals surface area contributed by atoms with E-state index in [2.05, 4.69) is 324 Å². The first-order valence-corrected chi connectivity index (χ1v) is 26.6. The summed E-state index contributed by atoms with van der Waals surface area (Å²) in [6, 6.07) is 111. The second kappa shape index (κ2) is 20.0. The molecular formula is C74H51N3O. The first-order chi connectivity index (χ1) is 38.7. The molecule has 0 saturated carbocycles. The minimum Gasteiger partial charge on any atom is -0.455 e. The van der Waals surface area contributed by atoms with Gasteiger partial charge in [-0.2, -0.15) is 0 Å². The summed E-state index contributed by atoms with van der Waals surface area (Å²) in [5, 5.41) is 6.85. The molecule has 1 heterocycles. The maximum atomic E-state index is 6.94. The molecule has 4 heteroatoms. The van der Waals surface area contributed by atoms with Crippen LogP contribution >= 0.6 is 0 Å². The van der Waals surface area contributed by atoms with E-state index in [-0.39, 0.29) is 0 Å². The highest BCUT2D eigenvalue weighted by molar-refractivity contribution is 6.13. The Morgan fingerprint density at radius 3 is 1.00 bits per heavy atom. The van der Waals surface area contributed by atoms with Crippen LogP contribution in [0, 0.1) is 0 Å². The molecule has 0 unspecified atom stereocenters. The third kappa shape index (κ3) is 8.48. The number of furan rings is 1. The lowest BCUT2D eigenvalue weighted by Gasteiger charge is -2.33. The molecule has 0 bridgehead atoms. The van der Waals surface area contributed by atoms with Crippen molar-refractivity contribution in [1.29, 1.82) is 0 Å². The van der Waals surface area contributed by atoms with Gasteiger partial charge in [0.1, 0.15) is 11.2 Å². The van der Waals surface area contributed by atoms with E-state index in [0.29, 0.717) is 0 Å². The lowest BCUT2D eigenvalue weighted by molar-refractivity contribution is 0.671. The molecule has 0 amide bonds. The van der Waals surface area contributed by atoms with Gasteiger partial charge in [-0.15, -0.1) is 0 Å². The van der Waals surface area contributed by atoms with Crippen molar-refractivity contribution in [3.63, 3.8) is 0 Å². The van der Waals surface area contributed by atoms with Crippen LogP contribution in [-0.4, -0.2) is 0 Å². The molecule has 0 radical (unpaired) electrons. The number of anilines is 9. The van der Waals surface area contributed by atoms with Crippen molar-refractivity contribution in [2.24, 2.45) is 0 Å². The normalized spacial score (nSPS) is 11.3. The van der Waals surface area contributed by atoms with Crippen molar-refractivity contribution < 1.29 is 4.42 Å². The minimum atomic E-state index is 0.873. The summed E-state index contributed by atoms with van der Waals surface area (Å²) in [7, 11) is 0. The zero-order valence-electron chi connectivity index (χ0n) is 42.7. The molecule has 0 fully saturated rings. The molecule has 0 spiro atoms. The summed E-state index contributed by atoms with van der Waals surface area (Å²) in [5.74, 6) is 0. The van der Waals surface area contributed by atoms with Gasteiger partial charge in [-0.3, -0.25) is 0 Å². The number of para-hydroxylation sites is 4. The molecule has 4 nitrogen and oxygen atoms in total. The van der Waals surface area contributed by atoms with Gasteiger partial charge in [-0.25, -0.2) is 0 Å². The van der Waals surface area contributed by atoms with Gasteiger partial charge in [-0.05, 0) is 112 Å². The Bertz CT molecular complexity index is 4270. The summed E-state index contributed by atoms with van der Waals surface area (Å²) in [6.45, 7) is 0. The van der Waals surface area contributed by atoms with Gasteiger partial charge < -0.3 is 19.1 Å². The third-order valence-electron chi connectivity index (χ3n) is 15.0. The van der Waals surface area contributed by atoms with Gasteiger partial charge in [-0.1, -0.05) is 231 Å². The number of hydrogen-bond donors (Lipinski definition) is 0. The summed E-state index contributed by atoms with van der Waals surface area (Å²) in [5.41, 5.74) is 17.7. The highest BCUT2D eigenvalue weighted by Gasteiger charge is 2.25. The maximum Gasteiger partial charge on any atom is 0.143 e. The Labute approximate surface area is 454 Å². The number of nitrogens with zero attached hydrogens (tertiary/aromatic N) is 3. The van der Waals surface area contributed by atoms with Crippen molar-refractivity contribution in [2.45, 2.75) is 0 Å². The van der Waals surface area contributed by atoms with Crippen LogP contribution in [-0.2, 0) is 0 Å². The van der Waals surface area contributed by atoms with E-state index in [1.165, 1.54) is 16.3 Å². The van der Waals surface area contributed by atoms with Crippen molar-refractivity contribution in [1.82, 2.24) is 0 Å². The molecule has 368 valence electrons. The van der Waals surface area contributed by atoms with Gasteiger partial charge in [0.15, 0.2) is 0 Å². The van der Waals surface area contributed by atoms with Crippen LogP contribution in [0.3, 0.4) is 0 Å². The Morgan fingerprint density at radius 2 is 0.526 bits per heavy atom. The van der Waals surface area contributed by atoms with Crippen LogP contribution in [0.25, 0.3) is 76.9 Å². The standard InChI is InChI=1S/C74H51N3O/c1-5-21-52(22-6-1)53-41-45-60(46-42-53)75(61-47-43-57(44-48-61)68-36-20-38-70-69-37-19-35-67(73(69)78-74(68)70)56-23-7-2-8-24-56)62-49-63(76(58-29-9-3-10-30-58)71-39-17-27-54-25-13-15-33-65(54)71)51-64(50-62)77(59-31-11-4-12-32-59)72-40-18-28-55-26-14-16-34-66(55)72/h1-51H. The van der Waals surface area contributed by atoms with Gasteiger partial charge in [0, 0.05) is 55.4 Å². The molecule has 0 atom stereocenters. The fraction of sp³-hybridized carbons (Fsp3) is 0. The summed E-state index contributed by atoms with van der Waals surface area (Å²) < 4.78 is 6.94. The van der Waals surface area contributed by atoms with E-state index in [1.807, 2.05) is 0 Å². The van der Waals surface area contributed by atoms with Crippen LogP contribution in [0.15, 0.2) is 314 Å². The second-order valence-electron chi connectivity index (χ2n) is 19.7. The fourth-order valence-electron chi connectivity index (χ4n) is 11.3. The Hall–Kier alpha value is -10.4. The van der Waals surface area contributed by atoms with E-state index in [9.17, 15) is 0 Å². The third-order valence-corrected chi connectivity index (χ3v) is 15.0. The first kappa shape index (κ1) is 46.1. The number of fused-ring (bicyclic) bond motifs is 5. The molecule has 14 rings (SSSR count). The Kier molecular flexibility index (Phi) is 11.8. The predicted octanol–water partition coefficient (Wildman–Crippen LogP) is 21.3. The van der Waals surface area contributed by atoms with Crippen molar-refractivity contribution in [2.75, 3.05) is 14.7 Å². The van der Waals surface area contributed by atoms with Crippen LogP contribution in [0.2, 0.25) is 0 Å². The predicted molar refractivity (Wildman–Crippen MR) is 329 cm³/mol. The summed E-state index contributed by atoms with van der Waals surface area (Å²) in [4.78, 5) is 7.23. The molecule has 0 N–H and O–H groups in total. The van der Waals surface area contributed by atoms with Crippen molar-refractivity contribution in [3.05, 3.63) is 309 Å². The molecular weight excluding hydrogens is 947 g/mol. The lowest BCUT2D eigenvalue weighted by Crippen LogP contribution is -2.16. The maximum absolute atomic E-state index is 6.94. The lowest BCUT2D eigenvalue weighted by atomic mass is 10.00. The fourth-order valence-corrected chi connectivity index (χ4v) is 11.3.